The molecule has 0 radical (unpaired) electrons. The first-order valence-electron chi connectivity index (χ1n) is 6.70. The molecular weight excluding hydrogens is 246 g/mol. The fraction of sp³-hybridized carbons (Fsp3) is 0.846. The summed E-state index contributed by atoms with van der Waals surface area (Å²) in [7, 11) is 0. The van der Waals surface area contributed by atoms with Gasteiger partial charge in [-0.3, -0.25) is 15.0 Å². The number of hydrogen-bond acceptors (Lipinski definition) is 4. The highest BCUT2D eigenvalue weighted by molar-refractivity contribution is 5.95. The van der Waals surface area contributed by atoms with Gasteiger partial charge in [0, 0.05) is 18.6 Å². The maximum absolute atomic E-state index is 11.6. The fourth-order valence-corrected chi connectivity index (χ4v) is 2.26. The van der Waals surface area contributed by atoms with E-state index in [1.807, 2.05) is 32.6 Å². The third-order valence-electron chi connectivity index (χ3n) is 2.86. The van der Waals surface area contributed by atoms with Gasteiger partial charge < -0.3 is 10.4 Å². The van der Waals surface area contributed by atoms with Crippen LogP contribution >= 0.6 is 0 Å². The number of hydrogen-bond donors (Lipinski definition) is 3. The van der Waals surface area contributed by atoms with Crippen molar-refractivity contribution >= 4 is 11.9 Å². The van der Waals surface area contributed by atoms with Crippen molar-refractivity contribution in [3.63, 3.8) is 0 Å². The van der Waals surface area contributed by atoms with E-state index in [0.29, 0.717) is 13.1 Å². The van der Waals surface area contributed by atoms with Crippen LogP contribution in [0.3, 0.4) is 0 Å². The van der Waals surface area contributed by atoms with Gasteiger partial charge in [0.05, 0.1) is 12.1 Å². The van der Waals surface area contributed by atoms with Gasteiger partial charge in [0.25, 0.3) is 0 Å². The molecule has 1 rings (SSSR count). The van der Waals surface area contributed by atoms with Gasteiger partial charge in [-0.25, -0.2) is 4.79 Å². The van der Waals surface area contributed by atoms with Crippen molar-refractivity contribution in [2.45, 2.75) is 51.7 Å². The van der Waals surface area contributed by atoms with Crippen molar-refractivity contribution in [2.24, 2.45) is 0 Å². The van der Waals surface area contributed by atoms with Crippen molar-refractivity contribution in [2.75, 3.05) is 19.6 Å². The molecule has 0 bridgehead atoms. The van der Waals surface area contributed by atoms with Crippen molar-refractivity contribution in [3.05, 3.63) is 0 Å². The molecule has 0 aliphatic carbocycles. The minimum Gasteiger partial charge on any atom is -0.387 e. The number of aliphatic hydroxyl groups is 1. The predicted molar refractivity (Wildman–Crippen MR) is 72.7 cm³/mol. The molecule has 0 aromatic rings. The standard InChI is InChI=1S/C13H25N3O3/c1-5-6-13(19)8-16(9-13)7-10(17)14-11(18)15-12(2,3)4/h19H,5-9H2,1-4H3,(H2,14,15,17,18). The van der Waals surface area contributed by atoms with Crippen LogP contribution in [0.4, 0.5) is 4.79 Å². The van der Waals surface area contributed by atoms with Gasteiger partial charge in [0.15, 0.2) is 0 Å². The summed E-state index contributed by atoms with van der Waals surface area (Å²) in [6, 6.07) is -0.484. The summed E-state index contributed by atoms with van der Waals surface area (Å²) >= 11 is 0. The molecule has 3 N–H and O–H groups in total. The Morgan fingerprint density at radius 1 is 1.32 bits per heavy atom. The van der Waals surface area contributed by atoms with Crippen LogP contribution in [0.15, 0.2) is 0 Å². The van der Waals surface area contributed by atoms with Crippen LogP contribution in [0.1, 0.15) is 40.5 Å². The number of likely N-dealkylation sites (tertiary alicyclic amines) is 1. The molecule has 1 fully saturated rings. The lowest BCUT2D eigenvalue weighted by Gasteiger charge is -2.46. The van der Waals surface area contributed by atoms with Crippen molar-refractivity contribution in [1.82, 2.24) is 15.5 Å². The normalized spacial score (nSPS) is 18.6. The van der Waals surface area contributed by atoms with E-state index in [2.05, 4.69) is 10.6 Å². The van der Waals surface area contributed by atoms with Crippen LogP contribution in [-0.4, -0.2) is 52.7 Å². The van der Waals surface area contributed by atoms with Gasteiger partial charge >= 0.3 is 6.03 Å². The molecule has 6 heteroatoms. The number of imide groups is 1. The SMILES string of the molecule is CCCC1(O)CN(CC(=O)NC(=O)NC(C)(C)C)C1. The highest BCUT2D eigenvalue weighted by atomic mass is 16.3. The zero-order valence-corrected chi connectivity index (χ0v) is 12.2. The Bertz CT molecular complexity index is 344. The Hall–Kier alpha value is -1.14. The van der Waals surface area contributed by atoms with E-state index in [4.69, 9.17) is 0 Å². The number of urea groups is 1. The zero-order valence-electron chi connectivity index (χ0n) is 12.2. The first kappa shape index (κ1) is 15.9. The second kappa shape index (κ2) is 5.88. The quantitative estimate of drug-likeness (QED) is 0.694. The Morgan fingerprint density at radius 3 is 2.37 bits per heavy atom. The highest BCUT2D eigenvalue weighted by Gasteiger charge is 2.40. The number of amides is 3. The molecule has 110 valence electrons. The molecule has 6 nitrogen and oxygen atoms in total. The van der Waals surface area contributed by atoms with Gasteiger partial charge in [0.2, 0.25) is 5.91 Å². The first-order chi connectivity index (χ1) is 8.63. The van der Waals surface area contributed by atoms with Crippen LogP contribution in [0, 0.1) is 0 Å². The van der Waals surface area contributed by atoms with E-state index in [1.165, 1.54) is 0 Å². The topological polar surface area (TPSA) is 81.7 Å². The molecule has 0 aromatic carbocycles. The molecule has 0 unspecified atom stereocenters. The molecule has 0 saturated carbocycles. The van der Waals surface area contributed by atoms with Crippen LogP contribution in [0.25, 0.3) is 0 Å². The van der Waals surface area contributed by atoms with E-state index < -0.39 is 11.6 Å². The van der Waals surface area contributed by atoms with E-state index in [-0.39, 0.29) is 18.0 Å². The number of carbonyl (C=O) groups is 2. The first-order valence-corrected chi connectivity index (χ1v) is 6.70. The number of nitrogens with one attached hydrogen (secondary N) is 2. The van der Waals surface area contributed by atoms with E-state index in [9.17, 15) is 14.7 Å². The number of nitrogens with zero attached hydrogens (tertiary/aromatic N) is 1. The molecular formula is C13H25N3O3. The molecule has 1 saturated heterocycles. The van der Waals surface area contributed by atoms with Crippen molar-refractivity contribution < 1.29 is 14.7 Å². The van der Waals surface area contributed by atoms with E-state index in [0.717, 1.165) is 12.8 Å². The Kier molecular flexibility index (Phi) is 4.92. The number of rotatable bonds is 4. The maximum atomic E-state index is 11.6. The largest absolute Gasteiger partial charge is 0.387 e. The summed E-state index contributed by atoms with van der Waals surface area (Å²) in [5, 5.41) is 14.9. The molecule has 1 aliphatic heterocycles. The number of β-amino-alcohol motifs (C(OH)–C–C–N with tert-alkyl or cyclic N) is 1. The molecule has 0 atom stereocenters. The Balaban J connectivity index is 2.25. The van der Waals surface area contributed by atoms with Crippen LogP contribution < -0.4 is 10.6 Å². The lowest BCUT2D eigenvalue weighted by atomic mass is 9.89. The third-order valence-corrected chi connectivity index (χ3v) is 2.86. The molecule has 1 aliphatic rings. The van der Waals surface area contributed by atoms with Gasteiger partial charge in [-0.05, 0) is 27.2 Å². The van der Waals surface area contributed by atoms with Crippen LogP contribution in [-0.2, 0) is 4.79 Å². The summed E-state index contributed by atoms with van der Waals surface area (Å²) in [4.78, 5) is 24.9. The second-order valence-electron chi connectivity index (χ2n) is 6.37. The monoisotopic (exact) mass is 271 g/mol. The average molecular weight is 271 g/mol. The summed E-state index contributed by atoms with van der Waals surface area (Å²) < 4.78 is 0. The van der Waals surface area contributed by atoms with Crippen molar-refractivity contribution in [1.29, 1.82) is 0 Å². The van der Waals surface area contributed by atoms with Crippen molar-refractivity contribution in [3.8, 4) is 0 Å². The fourth-order valence-electron chi connectivity index (χ4n) is 2.26. The minimum atomic E-state index is -0.650. The van der Waals surface area contributed by atoms with Gasteiger partial charge in [0.1, 0.15) is 0 Å². The molecule has 19 heavy (non-hydrogen) atoms. The predicted octanol–water partition coefficient (Wildman–Crippen LogP) is 0.458. The maximum Gasteiger partial charge on any atom is 0.321 e. The lowest BCUT2D eigenvalue weighted by molar-refractivity contribution is -0.132. The van der Waals surface area contributed by atoms with Crippen LogP contribution in [0.2, 0.25) is 0 Å². The minimum absolute atomic E-state index is 0.142. The van der Waals surface area contributed by atoms with Gasteiger partial charge in [-0.15, -0.1) is 0 Å². The lowest BCUT2D eigenvalue weighted by Crippen LogP contribution is -2.63. The van der Waals surface area contributed by atoms with Gasteiger partial charge in [-0.1, -0.05) is 13.3 Å². The summed E-state index contributed by atoms with van der Waals surface area (Å²) in [5.74, 6) is -0.347. The van der Waals surface area contributed by atoms with E-state index in [1.54, 1.807) is 0 Å². The number of carbonyl (C=O) groups excluding carboxylic acids is 2. The smallest absolute Gasteiger partial charge is 0.321 e. The summed E-state index contributed by atoms with van der Waals surface area (Å²) in [6.45, 7) is 8.68. The average Bonchev–Trinajstić information content (AvgIpc) is 2.11. The summed E-state index contributed by atoms with van der Waals surface area (Å²) in [5.41, 5.74) is -1.02. The third kappa shape index (κ3) is 5.57. The second-order valence-corrected chi connectivity index (χ2v) is 6.37. The Morgan fingerprint density at radius 2 is 1.89 bits per heavy atom. The highest BCUT2D eigenvalue weighted by Crippen LogP contribution is 2.24. The van der Waals surface area contributed by atoms with E-state index >= 15 is 0 Å². The van der Waals surface area contributed by atoms with Gasteiger partial charge in [-0.2, -0.15) is 0 Å². The summed E-state index contributed by atoms with van der Waals surface area (Å²) in [6.07, 6.45) is 1.67. The molecule has 1 heterocycles. The Labute approximate surface area is 114 Å². The molecule has 0 spiro atoms. The zero-order chi connectivity index (χ0) is 14.7. The molecule has 0 aromatic heterocycles. The molecule has 3 amide bonds. The van der Waals surface area contributed by atoms with Crippen LogP contribution in [0.5, 0.6) is 0 Å².